The Morgan fingerprint density at radius 1 is 1.00 bits per heavy atom. The van der Waals surface area contributed by atoms with Crippen molar-refractivity contribution < 1.29 is 4.42 Å². The number of H-pyrrole nitrogens is 1. The SMILES string of the molecule is O=c1oc2ccccc2c2nc(Cc3ccccc3)[nH]c12. The van der Waals surface area contributed by atoms with Gasteiger partial charge < -0.3 is 9.40 Å². The van der Waals surface area contributed by atoms with Crippen molar-refractivity contribution in [1.82, 2.24) is 9.97 Å². The van der Waals surface area contributed by atoms with E-state index in [4.69, 9.17) is 4.42 Å². The lowest BCUT2D eigenvalue weighted by molar-refractivity contribution is 0.568. The molecule has 0 saturated heterocycles. The Morgan fingerprint density at radius 2 is 1.76 bits per heavy atom. The second-order valence-electron chi connectivity index (χ2n) is 4.96. The molecule has 4 aromatic rings. The Morgan fingerprint density at radius 3 is 2.62 bits per heavy atom. The van der Waals surface area contributed by atoms with Crippen LogP contribution in [0.3, 0.4) is 0 Å². The van der Waals surface area contributed by atoms with Gasteiger partial charge in [-0.15, -0.1) is 0 Å². The molecule has 102 valence electrons. The number of para-hydroxylation sites is 1. The first kappa shape index (κ1) is 11.9. The zero-order valence-corrected chi connectivity index (χ0v) is 11.2. The molecule has 0 aliphatic carbocycles. The molecule has 2 aromatic heterocycles. The van der Waals surface area contributed by atoms with Crippen molar-refractivity contribution >= 4 is 22.0 Å². The second kappa shape index (κ2) is 4.59. The number of aromatic nitrogens is 2. The fraction of sp³-hybridized carbons (Fsp3) is 0.0588. The molecule has 4 heteroatoms. The van der Waals surface area contributed by atoms with Crippen LogP contribution in [-0.2, 0) is 6.42 Å². The van der Waals surface area contributed by atoms with E-state index in [1.54, 1.807) is 6.07 Å². The van der Waals surface area contributed by atoms with E-state index in [0.717, 1.165) is 16.8 Å². The summed E-state index contributed by atoms with van der Waals surface area (Å²) in [4.78, 5) is 19.7. The van der Waals surface area contributed by atoms with Gasteiger partial charge in [0, 0.05) is 11.8 Å². The fourth-order valence-electron chi connectivity index (χ4n) is 2.54. The summed E-state index contributed by atoms with van der Waals surface area (Å²) in [5.41, 5.74) is 2.43. The number of fused-ring (bicyclic) bond motifs is 3. The quantitative estimate of drug-likeness (QED) is 0.572. The first-order valence-corrected chi connectivity index (χ1v) is 6.75. The van der Waals surface area contributed by atoms with Crippen molar-refractivity contribution in [2.75, 3.05) is 0 Å². The van der Waals surface area contributed by atoms with Crippen molar-refractivity contribution in [3.8, 4) is 0 Å². The summed E-state index contributed by atoms with van der Waals surface area (Å²) in [5, 5.41) is 0.850. The molecule has 0 amide bonds. The van der Waals surface area contributed by atoms with Crippen LogP contribution in [0.15, 0.2) is 63.8 Å². The van der Waals surface area contributed by atoms with Gasteiger partial charge in [-0.2, -0.15) is 0 Å². The number of nitrogens with zero attached hydrogens (tertiary/aromatic N) is 1. The lowest BCUT2D eigenvalue weighted by Gasteiger charge is -1.96. The van der Waals surface area contributed by atoms with Crippen LogP contribution in [0.25, 0.3) is 22.0 Å². The molecule has 4 nitrogen and oxygen atoms in total. The van der Waals surface area contributed by atoms with Gasteiger partial charge in [-0.25, -0.2) is 9.78 Å². The molecule has 0 saturated carbocycles. The van der Waals surface area contributed by atoms with E-state index in [9.17, 15) is 4.79 Å². The van der Waals surface area contributed by atoms with E-state index in [1.807, 2.05) is 48.5 Å². The predicted octanol–water partition coefficient (Wildman–Crippen LogP) is 3.26. The average Bonchev–Trinajstić information content (AvgIpc) is 2.93. The number of imidazole rings is 1. The summed E-state index contributed by atoms with van der Waals surface area (Å²) >= 11 is 0. The maximum absolute atomic E-state index is 12.0. The first-order valence-electron chi connectivity index (χ1n) is 6.75. The third-order valence-corrected chi connectivity index (χ3v) is 3.52. The molecule has 0 atom stereocenters. The van der Waals surface area contributed by atoms with Gasteiger partial charge in [0.15, 0.2) is 5.52 Å². The highest BCUT2D eigenvalue weighted by atomic mass is 16.4. The van der Waals surface area contributed by atoms with Crippen LogP contribution < -0.4 is 5.63 Å². The molecule has 2 aromatic carbocycles. The topological polar surface area (TPSA) is 58.9 Å². The molecule has 0 bridgehead atoms. The maximum Gasteiger partial charge on any atom is 0.362 e. The van der Waals surface area contributed by atoms with Crippen molar-refractivity contribution in [2.24, 2.45) is 0 Å². The highest BCUT2D eigenvalue weighted by molar-refractivity contribution is 6.00. The van der Waals surface area contributed by atoms with Crippen molar-refractivity contribution in [3.05, 3.63) is 76.4 Å². The molecule has 0 aliphatic rings. The number of benzene rings is 2. The van der Waals surface area contributed by atoms with Crippen LogP contribution in [0.2, 0.25) is 0 Å². The molecule has 1 N–H and O–H groups in total. The molecule has 2 heterocycles. The maximum atomic E-state index is 12.0. The van der Waals surface area contributed by atoms with Gasteiger partial charge in [-0.3, -0.25) is 0 Å². The molecular weight excluding hydrogens is 264 g/mol. The predicted molar refractivity (Wildman–Crippen MR) is 81.4 cm³/mol. The fourth-order valence-corrected chi connectivity index (χ4v) is 2.54. The van der Waals surface area contributed by atoms with E-state index in [2.05, 4.69) is 9.97 Å². The van der Waals surface area contributed by atoms with E-state index >= 15 is 0 Å². The molecule has 0 fully saturated rings. The molecule has 21 heavy (non-hydrogen) atoms. The molecule has 0 radical (unpaired) electrons. The minimum Gasteiger partial charge on any atom is -0.421 e. The van der Waals surface area contributed by atoms with Gasteiger partial charge in [0.1, 0.15) is 16.9 Å². The van der Waals surface area contributed by atoms with Gasteiger partial charge in [0.05, 0.1) is 0 Å². The molecule has 0 unspecified atom stereocenters. The molecule has 4 rings (SSSR count). The van der Waals surface area contributed by atoms with Gasteiger partial charge in [0.25, 0.3) is 0 Å². The summed E-state index contributed by atoms with van der Waals surface area (Å²) in [6.07, 6.45) is 0.656. The van der Waals surface area contributed by atoms with Crippen LogP contribution in [0.4, 0.5) is 0 Å². The zero-order valence-electron chi connectivity index (χ0n) is 11.2. The molecule has 0 aliphatic heterocycles. The standard InChI is InChI=1S/C17H12N2O2/c20-17-16-15(12-8-4-5-9-13(12)21-17)18-14(19-16)10-11-6-2-1-3-7-11/h1-9H,10H2,(H,18,19). The average molecular weight is 276 g/mol. The van der Waals surface area contributed by atoms with Crippen LogP contribution >= 0.6 is 0 Å². The van der Waals surface area contributed by atoms with E-state index in [1.165, 1.54) is 0 Å². The van der Waals surface area contributed by atoms with Crippen LogP contribution in [0.5, 0.6) is 0 Å². The Bertz CT molecular complexity index is 984. The third kappa shape index (κ3) is 2.01. The Hall–Kier alpha value is -2.88. The number of rotatable bonds is 2. The summed E-state index contributed by atoms with van der Waals surface area (Å²) < 4.78 is 5.31. The first-order chi connectivity index (χ1) is 10.3. The van der Waals surface area contributed by atoms with E-state index in [-0.39, 0.29) is 5.63 Å². The van der Waals surface area contributed by atoms with Gasteiger partial charge in [-0.05, 0) is 17.7 Å². The Kier molecular flexibility index (Phi) is 2.60. The second-order valence-corrected chi connectivity index (χ2v) is 4.96. The monoisotopic (exact) mass is 276 g/mol. The minimum atomic E-state index is -0.379. The normalized spacial score (nSPS) is 11.2. The van der Waals surface area contributed by atoms with Crippen molar-refractivity contribution in [2.45, 2.75) is 6.42 Å². The number of nitrogens with one attached hydrogen (secondary N) is 1. The van der Waals surface area contributed by atoms with Crippen molar-refractivity contribution in [3.63, 3.8) is 0 Å². The van der Waals surface area contributed by atoms with Crippen molar-refractivity contribution in [1.29, 1.82) is 0 Å². The largest absolute Gasteiger partial charge is 0.421 e. The highest BCUT2D eigenvalue weighted by Gasteiger charge is 2.12. The highest BCUT2D eigenvalue weighted by Crippen LogP contribution is 2.21. The number of hydrogen-bond acceptors (Lipinski definition) is 3. The number of hydrogen-bond donors (Lipinski definition) is 1. The van der Waals surface area contributed by atoms with Crippen LogP contribution in [0, 0.1) is 0 Å². The van der Waals surface area contributed by atoms with E-state index < -0.39 is 0 Å². The Labute approximate surface area is 120 Å². The molecular formula is C17H12N2O2. The van der Waals surface area contributed by atoms with Crippen LogP contribution in [0.1, 0.15) is 11.4 Å². The summed E-state index contributed by atoms with van der Waals surface area (Å²) in [6.45, 7) is 0. The summed E-state index contributed by atoms with van der Waals surface area (Å²) in [7, 11) is 0. The summed E-state index contributed by atoms with van der Waals surface area (Å²) in [5.74, 6) is 0.764. The lowest BCUT2D eigenvalue weighted by Crippen LogP contribution is -1.99. The summed E-state index contributed by atoms with van der Waals surface area (Å²) in [6, 6.07) is 17.5. The minimum absolute atomic E-state index is 0.379. The van der Waals surface area contributed by atoms with Gasteiger partial charge in [-0.1, -0.05) is 42.5 Å². The van der Waals surface area contributed by atoms with E-state index in [0.29, 0.717) is 23.0 Å². The smallest absolute Gasteiger partial charge is 0.362 e. The van der Waals surface area contributed by atoms with Gasteiger partial charge >= 0.3 is 5.63 Å². The number of aromatic amines is 1. The third-order valence-electron chi connectivity index (χ3n) is 3.52. The van der Waals surface area contributed by atoms with Gasteiger partial charge in [0.2, 0.25) is 0 Å². The molecule has 0 spiro atoms. The lowest BCUT2D eigenvalue weighted by atomic mass is 10.1. The Balaban J connectivity index is 1.91. The zero-order chi connectivity index (χ0) is 14.2. The van der Waals surface area contributed by atoms with Crippen LogP contribution in [-0.4, -0.2) is 9.97 Å².